The van der Waals surface area contributed by atoms with E-state index in [1.165, 1.54) is 28.7 Å². The van der Waals surface area contributed by atoms with Crippen LogP contribution >= 0.6 is 11.3 Å². The van der Waals surface area contributed by atoms with Crippen LogP contribution in [0.5, 0.6) is 0 Å². The molecule has 1 aromatic carbocycles. The summed E-state index contributed by atoms with van der Waals surface area (Å²) in [6.45, 7) is 6.15. The quantitative estimate of drug-likeness (QED) is 0.451. The summed E-state index contributed by atoms with van der Waals surface area (Å²) in [6.07, 6.45) is 5.80. The first-order valence-electron chi connectivity index (χ1n) is 11.1. The van der Waals surface area contributed by atoms with Gasteiger partial charge in [0.25, 0.3) is 5.56 Å². The molecule has 33 heavy (non-hydrogen) atoms. The van der Waals surface area contributed by atoms with E-state index < -0.39 is 0 Å². The van der Waals surface area contributed by atoms with Gasteiger partial charge in [-0.05, 0) is 54.6 Å². The maximum Gasteiger partial charge on any atom is 0.278 e. The summed E-state index contributed by atoms with van der Waals surface area (Å²) in [6, 6.07) is 10.5. The van der Waals surface area contributed by atoms with E-state index in [1.54, 1.807) is 23.6 Å². The number of allylic oxidation sites excluding steroid dienone is 1. The van der Waals surface area contributed by atoms with Crippen LogP contribution < -0.4 is 10.9 Å². The normalized spacial score (nSPS) is 16.6. The lowest BCUT2D eigenvalue weighted by molar-refractivity contribution is 0.271. The second kappa shape index (κ2) is 7.60. The summed E-state index contributed by atoms with van der Waals surface area (Å²) in [5.74, 6) is 0.452. The number of likely N-dealkylation sites (N-methyl/N-ethyl adjacent to an activating group) is 1. The van der Waals surface area contributed by atoms with Crippen LogP contribution in [0.15, 0.2) is 59.4 Å². The van der Waals surface area contributed by atoms with Crippen LogP contribution in [0.25, 0.3) is 21.5 Å². The van der Waals surface area contributed by atoms with Crippen molar-refractivity contribution in [2.75, 3.05) is 18.9 Å². The Morgan fingerprint density at radius 1 is 1.30 bits per heavy atom. The molecule has 1 saturated carbocycles. The molecule has 1 aliphatic heterocycles. The molecule has 1 N–H and O–H groups in total. The van der Waals surface area contributed by atoms with E-state index in [-0.39, 0.29) is 5.56 Å². The minimum absolute atomic E-state index is 0.219. The highest BCUT2D eigenvalue weighted by atomic mass is 32.1. The number of benzene rings is 1. The highest BCUT2D eigenvalue weighted by Gasteiger charge is 2.48. The predicted octanol–water partition coefficient (Wildman–Crippen LogP) is 4.32. The lowest BCUT2D eigenvalue weighted by Gasteiger charge is -2.32. The zero-order valence-electron chi connectivity index (χ0n) is 18.4. The molecule has 1 fully saturated rings. The van der Waals surface area contributed by atoms with E-state index in [1.807, 2.05) is 17.5 Å². The Morgan fingerprint density at radius 2 is 2.18 bits per heavy atom. The van der Waals surface area contributed by atoms with Gasteiger partial charge in [-0.1, -0.05) is 18.2 Å². The van der Waals surface area contributed by atoms with E-state index in [0.717, 1.165) is 23.7 Å². The molecule has 6 rings (SSSR count). The Labute approximate surface area is 195 Å². The van der Waals surface area contributed by atoms with E-state index in [9.17, 15) is 4.79 Å². The number of thiophene rings is 1. The van der Waals surface area contributed by atoms with Gasteiger partial charge in [-0.3, -0.25) is 4.79 Å². The monoisotopic (exact) mass is 456 g/mol. The van der Waals surface area contributed by atoms with Gasteiger partial charge >= 0.3 is 0 Å². The third-order valence-corrected chi connectivity index (χ3v) is 7.43. The lowest BCUT2D eigenvalue weighted by Crippen LogP contribution is -2.35. The molecular formula is C25H24N6OS. The van der Waals surface area contributed by atoms with Gasteiger partial charge in [0.1, 0.15) is 11.2 Å². The van der Waals surface area contributed by atoms with Crippen LogP contribution in [0.1, 0.15) is 24.0 Å². The van der Waals surface area contributed by atoms with Crippen molar-refractivity contribution in [3.8, 4) is 10.6 Å². The summed E-state index contributed by atoms with van der Waals surface area (Å²) in [5.41, 5.74) is 5.16. The fourth-order valence-corrected chi connectivity index (χ4v) is 5.64. The zero-order valence-corrected chi connectivity index (χ0v) is 19.2. The summed E-state index contributed by atoms with van der Waals surface area (Å²) in [4.78, 5) is 25.5. The van der Waals surface area contributed by atoms with Gasteiger partial charge in [0, 0.05) is 30.4 Å². The van der Waals surface area contributed by atoms with Crippen molar-refractivity contribution in [1.82, 2.24) is 24.6 Å². The molecule has 1 aliphatic carbocycles. The molecule has 3 aromatic heterocycles. The molecular weight excluding hydrogens is 432 g/mol. The van der Waals surface area contributed by atoms with Crippen LogP contribution in [-0.2, 0) is 18.5 Å². The third kappa shape index (κ3) is 3.46. The minimum Gasteiger partial charge on any atom is -0.324 e. The topological polar surface area (TPSA) is 75.9 Å². The second-order valence-electron chi connectivity index (χ2n) is 9.01. The van der Waals surface area contributed by atoms with Crippen molar-refractivity contribution in [2.24, 2.45) is 0 Å². The molecule has 166 valence electrons. The highest BCUT2D eigenvalue weighted by Crippen LogP contribution is 2.52. The standard InChI is InChI=1S/C25H24N6OS/c1-3-10-31-23(32)18-13-26-24(28-21(18)22(29-31)20-5-4-11-33-20)27-17-6-7-19-16(12-17)14-30(2)15-25(19)8-9-25/h3-7,11-13H,1,8-10,14-15H2,2H3,(H,26,27,28). The van der Waals surface area contributed by atoms with E-state index in [0.29, 0.717) is 34.5 Å². The molecule has 0 atom stereocenters. The van der Waals surface area contributed by atoms with E-state index in [4.69, 9.17) is 4.98 Å². The van der Waals surface area contributed by atoms with Crippen molar-refractivity contribution in [3.05, 3.63) is 76.0 Å². The average molecular weight is 457 g/mol. The number of hydrogen-bond donors (Lipinski definition) is 1. The number of anilines is 2. The molecule has 0 amide bonds. The van der Waals surface area contributed by atoms with Crippen molar-refractivity contribution >= 4 is 33.9 Å². The number of nitrogens with zero attached hydrogens (tertiary/aromatic N) is 5. The van der Waals surface area contributed by atoms with Crippen molar-refractivity contribution < 1.29 is 0 Å². The Balaban J connectivity index is 1.41. The first-order valence-corrected chi connectivity index (χ1v) is 12.0. The number of aromatic nitrogens is 4. The van der Waals surface area contributed by atoms with Crippen molar-refractivity contribution in [2.45, 2.75) is 31.3 Å². The molecule has 0 saturated heterocycles. The summed E-state index contributed by atoms with van der Waals surface area (Å²) in [5, 5.41) is 10.4. The van der Waals surface area contributed by atoms with Gasteiger partial charge in [0.15, 0.2) is 0 Å². The van der Waals surface area contributed by atoms with E-state index >= 15 is 0 Å². The van der Waals surface area contributed by atoms with Crippen LogP contribution in [-0.4, -0.2) is 38.2 Å². The van der Waals surface area contributed by atoms with Crippen LogP contribution in [0.2, 0.25) is 0 Å². The summed E-state index contributed by atoms with van der Waals surface area (Å²) >= 11 is 1.57. The third-order valence-electron chi connectivity index (χ3n) is 6.55. The molecule has 0 unspecified atom stereocenters. The molecule has 7 nitrogen and oxygen atoms in total. The molecule has 0 bridgehead atoms. The molecule has 1 spiro atoms. The first kappa shape index (κ1) is 20.3. The number of hydrogen-bond acceptors (Lipinski definition) is 7. The van der Waals surface area contributed by atoms with Crippen LogP contribution in [0.3, 0.4) is 0 Å². The molecule has 8 heteroatoms. The zero-order chi connectivity index (χ0) is 22.6. The molecule has 2 aliphatic rings. The minimum atomic E-state index is -0.219. The largest absolute Gasteiger partial charge is 0.324 e. The summed E-state index contributed by atoms with van der Waals surface area (Å²) < 4.78 is 1.41. The van der Waals surface area contributed by atoms with Crippen molar-refractivity contribution in [3.63, 3.8) is 0 Å². The van der Waals surface area contributed by atoms with Crippen LogP contribution in [0.4, 0.5) is 11.6 Å². The SMILES string of the molecule is C=CCn1nc(-c2cccs2)c2nc(Nc3ccc4c(c3)CN(C)CC43CC3)ncc2c1=O. The van der Waals surface area contributed by atoms with Gasteiger partial charge in [-0.2, -0.15) is 5.10 Å². The fourth-order valence-electron chi connectivity index (χ4n) is 4.93. The van der Waals surface area contributed by atoms with Gasteiger partial charge < -0.3 is 10.2 Å². The van der Waals surface area contributed by atoms with Gasteiger partial charge in [0.2, 0.25) is 5.95 Å². The second-order valence-corrected chi connectivity index (χ2v) is 9.95. The smallest absolute Gasteiger partial charge is 0.278 e. The number of fused-ring (bicyclic) bond motifs is 3. The predicted molar refractivity (Wildman–Crippen MR) is 132 cm³/mol. The Kier molecular flexibility index (Phi) is 4.67. The van der Waals surface area contributed by atoms with Crippen molar-refractivity contribution in [1.29, 1.82) is 0 Å². The lowest BCUT2D eigenvalue weighted by atomic mass is 9.87. The molecule has 4 heterocycles. The highest BCUT2D eigenvalue weighted by molar-refractivity contribution is 7.13. The van der Waals surface area contributed by atoms with Gasteiger partial charge in [-0.25, -0.2) is 14.6 Å². The van der Waals surface area contributed by atoms with E-state index in [2.05, 4.69) is 52.1 Å². The number of rotatable bonds is 5. The Bertz CT molecular complexity index is 1440. The molecule has 0 radical (unpaired) electrons. The Hall–Kier alpha value is -3.36. The fraction of sp³-hybridized carbons (Fsp3) is 0.280. The maximum atomic E-state index is 12.9. The average Bonchev–Trinajstić information content (AvgIpc) is 3.34. The Morgan fingerprint density at radius 3 is 2.94 bits per heavy atom. The first-order chi connectivity index (χ1) is 16.1. The summed E-state index contributed by atoms with van der Waals surface area (Å²) in [7, 11) is 2.19. The van der Waals surface area contributed by atoms with Gasteiger partial charge in [0.05, 0.1) is 16.8 Å². The van der Waals surface area contributed by atoms with Gasteiger partial charge in [-0.15, -0.1) is 17.9 Å². The molecule has 4 aromatic rings. The maximum absolute atomic E-state index is 12.9. The van der Waals surface area contributed by atoms with Crippen LogP contribution in [0, 0.1) is 0 Å². The number of nitrogens with one attached hydrogen (secondary N) is 1.